The summed E-state index contributed by atoms with van der Waals surface area (Å²) < 4.78 is 5.53. The maximum atomic E-state index is 11.5. The fraction of sp³-hybridized carbons (Fsp3) is 0.708. The van der Waals surface area contributed by atoms with E-state index in [4.69, 9.17) is 4.74 Å². The molecule has 3 heteroatoms. The Morgan fingerprint density at radius 3 is 2.19 bits per heavy atom. The molecule has 6 rings (SSSR count). The molecule has 1 aromatic carbocycles. The minimum atomic E-state index is -0.162. The third-order valence-corrected chi connectivity index (χ3v) is 8.42. The zero-order chi connectivity index (χ0) is 18.6. The van der Waals surface area contributed by atoms with Crippen LogP contribution in [0.3, 0.4) is 0 Å². The lowest BCUT2D eigenvalue weighted by Crippen LogP contribution is -2.59. The summed E-state index contributed by atoms with van der Waals surface area (Å²) in [6.07, 6.45) is 9.89. The quantitative estimate of drug-likeness (QED) is 0.698. The van der Waals surface area contributed by atoms with Crippen molar-refractivity contribution in [3.63, 3.8) is 0 Å². The van der Waals surface area contributed by atoms with Gasteiger partial charge in [0.1, 0.15) is 6.61 Å². The van der Waals surface area contributed by atoms with E-state index in [9.17, 15) is 4.79 Å². The van der Waals surface area contributed by atoms with Gasteiger partial charge in [0.05, 0.1) is 0 Å². The van der Waals surface area contributed by atoms with E-state index in [0.717, 1.165) is 30.7 Å². The Balaban J connectivity index is 1.32. The molecule has 0 amide bonds. The molecule has 0 spiro atoms. The normalized spacial score (nSPS) is 41.7. The number of hydrogen-bond donors (Lipinski definition) is 0. The number of ether oxygens (including phenoxy) is 1. The summed E-state index contributed by atoms with van der Waals surface area (Å²) >= 11 is 0. The molecule has 1 aromatic rings. The molecule has 0 heterocycles. The molecular weight excluding hydrogens is 334 g/mol. The number of carbonyl (C=O) groups is 1. The molecule has 0 aromatic heterocycles. The second-order valence-electron chi connectivity index (χ2n) is 10.2. The molecule has 146 valence electrons. The van der Waals surface area contributed by atoms with Crippen molar-refractivity contribution in [1.29, 1.82) is 0 Å². The van der Waals surface area contributed by atoms with E-state index in [1.54, 1.807) is 0 Å². The molecule has 4 bridgehead atoms. The van der Waals surface area contributed by atoms with Crippen LogP contribution in [0.1, 0.15) is 57.4 Å². The minimum Gasteiger partial charge on any atom is -0.465 e. The fourth-order valence-corrected chi connectivity index (χ4v) is 7.29. The van der Waals surface area contributed by atoms with Gasteiger partial charge in [0.25, 0.3) is 0 Å². The third-order valence-electron chi connectivity index (χ3n) is 8.42. The van der Waals surface area contributed by atoms with Crippen LogP contribution in [0.5, 0.6) is 0 Å². The van der Waals surface area contributed by atoms with Crippen LogP contribution in [-0.4, -0.2) is 36.6 Å². The van der Waals surface area contributed by atoms with Gasteiger partial charge in [-0.3, -0.25) is 4.79 Å². The Morgan fingerprint density at radius 2 is 1.63 bits per heavy atom. The van der Waals surface area contributed by atoms with Gasteiger partial charge in [0, 0.05) is 24.4 Å². The SMILES string of the molecule is CC(=O)OC[C@@]1(c2ccccc2)C[C@H]1CN(C)C12CC3CC(CC(C3)C1)C2. The third kappa shape index (κ3) is 3.03. The maximum absolute atomic E-state index is 11.5. The number of esters is 1. The van der Waals surface area contributed by atoms with Crippen molar-refractivity contribution in [3.8, 4) is 0 Å². The van der Waals surface area contributed by atoms with Gasteiger partial charge in [-0.25, -0.2) is 0 Å². The summed E-state index contributed by atoms with van der Waals surface area (Å²) in [5, 5.41) is 0. The van der Waals surface area contributed by atoms with Gasteiger partial charge in [0.2, 0.25) is 0 Å². The zero-order valence-electron chi connectivity index (χ0n) is 16.8. The first kappa shape index (κ1) is 17.7. The largest absolute Gasteiger partial charge is 0.465 e. The number of nitrogens with zero attached hydrogens (tertiary/aromatic N) is 1. The van der Waals surface area contributed by atoms with Gasteiger partial charge in [-0.1, -0.05) is 30.3 Å². The van der Waals surface area contributed by atoms with E-state index >= 15 is 0 Å². The van der Waals surface area contributed by atoms with Crippen LogP contribution in [0, 0.1) is 23.7 Å². The summed E-state index contributed by atoms with van der Waals surface area (Å²) in [4.78, 5) is 14.2. The Morgan fingerprint density at radius 1 is 1.04 bits per heavy atom. The van der Waals surface area contributed by atoms with Gasteiger partial charge in [0.15, 0.2) is 0 Å². The zero-order valence-corrected chi connectivity index (χ0v) is 16.8. The predicted octanol–water partition coefficient (Wildman–Crippen LogP) is 4.41. The molecule has 5 saturated carbocycles. The Kier molecular flexibility index (Phi) is 4.16. The molecule has 0 radical (unpaired) electrons. The van der Waals surface area contributed by atoms with E-state index in [0.29, 0.717) is 18.1 Å². The highest BCUT2D eigenvalue weighted by Crippen LogP contribution is 2.60. The highest BCUT2D eigenvalue weighted by Gasteiger charge is 2.59. The van der Waals surface area contributed by atoms with Crippen molar-refractivity contribution in [1.82, 2.24) is 4.90 Å². The molecule has 3 nitrogen and oxygen atoms in total. The van der Waals surface area contributed by atoms with Crippen molar-refractivity contribution < 1.29 is 9.53 Å². The van der Waals surface area contributed by atoms with Crippen LogP contribution in [0.4, 0.5) is 0 Å². The lowest BCUT2D eigenvalue weighted by Gasteiger charge is -2.60. The Bertz CT molecular complexity index is 679. The van der Waals surface area contributed by atoms with Crippen LogP contribution < -0.4 is 0 Å². The molecule has 0 saturated heterocycles. The van der Waals surface area contributed by atoms with E-state index in [1.807, 2.05) is 0 Å². The van der Waals surface area contributed by atoms with Crippen LogP contribution in [0.2, 0.25) is 0 Å². The predicted molar refractivity (Wildman–Crippen MR) is 106 cm³/mol. The van der Waals surface area contributed by atoms with E-state index < -0.39 is 0 Å². The molecule has 5 fully saturated rings. The van der Waals surface area contributed by atoms with Crippen LogP contribution >= 0.6 is 0 Å². The maximum Gasteiger partial charge on any atom is 0.302 e. The lowest BCUT2D eigenvalue weighted by molar-refractivity contribution is -0.142. The molecule has 2 atom stereocenters. The van der Waals surface area contributed by atoms with Crippen molar-refractivity contribution in [3.05, 3.63) is 35.9 Å². The molecular formula is C24H33NO2. The van der Waals surface area contributed by atoms with Gasteiger partial charge in [-0.05, 0) is 81.2 Å². The summed E-state index contributed by atoms with van der Waals surface area (Å²) in [5.74, 6) is 3.39. The van der Waals surface area contributed by atoms with Gasteiger partial charge < -0.3 is 9.64 Å². The molecule has 0 N–H and O–H groups in total. The fourth-order valence-electron chi connectivity index (χ4n) is 7.29. The molecule has 5 aliphatic carbocycles. The van der Waals surface area contributed by atoms with Gasteiger partial charge in [-0.2, -0.15) is 0 Å². The van der Waals surface area contributed by atoms with Crippen molar-refractivity contribution in [2.24, 2.45) is 23.7 Å². The number of hydrogen-bond acceptors (Lipinski definition) is 3. The van der Waals surface area contributed by atoms with Gasteiger partial charge in [-0.15, -0.1) is 0 Å². The molecule has 27 heavy (non-hydrogen) atoms. The minimum absolute atomic E-state index is 0.0312. The number of rotatable bonds is 6. The van der Waals surface area contributed by atoms with E-state index in [-0.39, 0.29) is 11.4 Å². The standard InChI is InChI=1S/C24H33NO2/c1-17(26)27-16-24(21-6-4-3-5-7-21)14-22(24)15-25(2)23-11-18-8-19(12-23)10-20(9-18)13-23/h3-7,18-20,22H,8-16H2,1-2H3/t18?,19?,20?,22-,23?,24+/m0/s1. The van der Waals surface area contributed by atoms with Crippen LogP contribution in [-0.2, 0) is 14.9 Å². The second-order valence-corrected chi connectivity index (χ2v) is 10.2. The second kappa shape index (κ2) is 6.34. The average Bonchev–Trinajstić information content (AvgIpc) is 3.33. The Labute approximate surface area is 163 Å². The lowest BCUT2D eigenvalue weighted by atomic mass is 9.52. The van der Waals surface area contributed by atoms with Crippen molar-refractivity contribution in [2.45, 2.75) is 62.8 Å². The van der Waals surface area contributed by atoms with Crippen molar-refractivity contribution >= 4 is 5.97 Å². The molecule has 5 aliphatic rings. The smallest absolute Gasteiger partial charge is 0.302 e. The molecule has 0 aliphatic heterocycles. The summed E-state index contributed by atoms with van der Waals surface area (Å²) in [6, 6.07) is 10.7. The first-order valence-electron chi connectivity index (χ1n) is 10.9. The van der Waals surface area contributed by atoms with Crippen LogP contribution in [0.25, 0.3) is 0 Å². The first-order chi connectivity index (χ1) is 13.0. The summed E-state index contributed by atoms with van der Waals surface area (Å²) in [6.45, 7) is 3.20. The first-order valence-corrected chi connectivity index (χ1v) is 10.9. The summed E-state index contributed by atoms with van der Waals surface area (Å²) in [5.41, 5.74) is 1.83. The van der Waals surface area contributed by atoms with Crippen molar-refractivity contribution in [2.75, 3.05) is 20.2 Å². The highest BCUT2D eigenvalue weighted by atomic mass is 16.5. The van der Waals surface area contributed by atoms with E-state index in [2.05, 4.69) is 42.3 Å². The van der Waals surface area contributed by atoms with Gasteiger partial charge >= 0.3 is 5.97 Å². The Hall–Kier alpha value is -1.35. The van der Waals surface area contributed by atoms with Crippen LogP contribution in [0.15, 0.2) is 30.3 Å². The summed E-state index contributed by atoms with van der Waals surface area (Å²) in [7, 11) is 2.38. The highest BCUT2D eigenvalue weighted by molar-refractivity contribution is 5.66. The van der Waals surface area contributed by atoms with E-state index in [1.165, 1.54) is 51.0 Å². The number of carbonyl (C=O) groups excluding carboxylic acids is 1. The molecule has 0 unspecified atom stereocenters. The number of benzene rings is 1. The average molecular weight is 368 g/mol. The topological polar surface area (TPSA) is 29.5 Å². The monoisotopic (exact) mass is 367 g/mol.